The molecule has 0 aliphatic heterocycles. The van der Waals surface area contributed by atoms with Gasteiger partial charge in [0.15, 0.2) is 0 Å². The van der Waals surface area contributed by atoms with Crippen LogP contribution in [0.25, 0.3) is 0 Å². The summed E-state index contributed by atoms with van der Waals surface area (Å²) < 4.78 is 17.0. The SMILES string of the molecule is CCCCCCC12CCC(C3(F)C=CC=CC3c3ccc(CC)cc3)(CC1)CC2. The van der Waals surface area contributed by atoms with E-state index in [1.807, 2.05) is 12.2 Å². The Bertz CT molecular complexity index is 716. The van der Waals surface area contributed by atoms with Gasteiger partial charge < -0.3 is 0 Å². The van der Waals surface area contributed by atoms with Gasteiger partial charge in [-0.3, -0.25) is 0 Å². The number of fused-ring (bicyclic) bond motifs is 3. The van der Waals surface area contributed by atoms with E-state index in [4.69, 9.17) is 0 Å². The molecular formula is C28H39F. The van der Waals surface area contributed by atoms with Crippen LogP contribution in [0.1, 0.15) is 102 Å². The van der Waals surface area contributed by atoms with E-state index >= 15 is 4.39 Å². The molecule has 0 N–H and O–H groups in total. The lowest BCUT2D eigenvalue weighted by Crippen LogP contribution is -2.55. The molecule has 0 saturated heterocycles. The van der Waals surface area contributed by atoms with Crippen molar-refractivity contribution in [1.82, 2.24) is 0 Å². The summed E-state index contributed by atoms with van der Waals surface area (Å²) in [5, 5.41) is 0. The molecule has 3 fully saturated rings. The van der Waals surface area contributed by atoms with E-state index in [2.05, 4.69) is 50.3 Å². The minimum absolute atomic E-state index is 0.145. The fourth-order valence-corrected chi connectivity index (χ4v) is 6.58. The molecule has 5 rings (SSSR count). The predicted molar refractivity (Wildman–Crippen MR) is 122 cm³/mol. The van der Waals surface area contributed by atoms with Gasteiger partial charge in [0.05, 0.1) is 0 Å². The highest BCUT2D eigenvalue weighted by Gasteiger charge is 2.60. The number of alkyl halides is 1. The van der Waals surface area contributed by atoms with Gasteiger partial charge in [-0.25, -0.2) is 4.39 Å². The second-order valence-corrected chi connectivity index (χ2v) is 10.2. The van der Waals surface area contributed by atoms with Crippen molar-refractivity contribution >= 4 is 0 Å². The topological polar surface area (TPSA) is 0 Å². The van der Waals surface area contributed by atoms with Crippen molar-refractivity contribution in [2.24, 2.45) is 10.8 Å². The third-order valence-corrected chi connectivity index (χ3v) is 8.73. The lowest BCUT2D eigenvalue weighted by Gasteiger charge is -2.59. The summed E-state index contributed by atoms with van der Waals surface area (Å²) >= 11 is 0. The van der Waals surface area contributed by atoms with Gasteiger partial charge in [-0.15, -0.1) is 0 Å². The van der Waals surface area contributed by atoms with Crippen LogP contribution in [0, 0.1) is 10.8 Å². The van der Waals surface area contributed by atoms with Crippen molar-refractivity contribution in [2.45, 2.75) is 102 Å². The molecule has 0 aromatic heterocycles. The zero-order valence-electron chi connectivity index (χ0n) is 18.6. The Balaban J connectivity index is 1.52. The molecule has 3 saturated carbocycles. The number of unbranched alkanes of at least 4 members (excludes halogenated alkanes) is 3. The first-order valence-corrected chi connectivity index (χ1v) is 12.2. The number of allylic oxidation sites excluding steroid dienone is 4. The van der Waals surface area contributed by atoms with E-state index in [1.54, 1.807) is 0 Å². The molecule has 0 heterocycles. The largest absolute Gasteiger partial charge is 0.238 e. The van der Waals surface area contributed by atoms with E-state index in [0.29, 0.717) is 5.41 Å². The smallest absolute Gasteiger partial charge is 0.145 e. The van der Waals surface area contributed by atoms with Gasteiger partial charge in [0.1, 0.15) is 5.67 Å². The Morgan fingerprint density at radius 2 is 1.55 bits per heavy atom. The molecule has 4 aliphatic rings. The van der Waals surface area contributed by atoms with Crippen LogP contribution >= 0.6 is 0 Å². The standard InChI is InChI=1S/C28H39F/c1-3-5-6-8-15-26-17-20-27(21-18-26,22-19-26)28(29)16-9-7-10-25(28)24-13-11-23(4-2)12-14-24/h7,9-14,16,25H,3-6,8,15,17-22H2,1-2H3. The quantitative estimate of drug-likeness (QED) is 0.388. The maximum Gasteiger partial charge on any atom is 0.145 e. The fourth-order valence-electron chi connectivity index (χ4n) is 6.58. The van der Waals surface area contributed by atoms with Crippen LogP contribution in [0.3, 0.4) is 0 Å². The maximum atomic E-state index is 17.0. The van der Waals surface area contributed by atoms with Crippen LogP contribution in [0.15, 0.2) is 48.6 Å². The van der Waals surface area contributed by atoms with Gasteiger partial charge in [-0.2, -0.15) is 0 Å². The summed E-state index contributed by atoms with van der Waals surface area (Å²) in [6.45, 7) is 4.46. The number of benzene rings is 1. The Morgan fingerprint density at radius 3 is 2.17 bits per heavy atom. The third kappa shape index (κ3) is 3.75. The second-order valence-electron chi connectivity index (χ2n) is 10.2. The van der Waals surface area contributed by atoms with Gasteiger partial charge in [0, 0.05) is 11.3 Å². The van der Waals surface area contributed by atoms with Gasteiger partial charge in [0.25, 0.3) is 0 Å². The average molecular weight is 395 g/mol. The normalized spacial score (nSPS) is 35.9. The van der Waals surface area contributed by atoms with Crippen LogP contribution in [-0.4, -0.2) is 5.67 Å². The van der Waals surface area contributed by atoms with Crippen LogP contribution in [0.5, 0.6) is 0 Å². The highest BCUT2D eigenvalue weighted by atomic mass is 19.1. The lowest BCUT2D eigenvalue weighted by molar-refractivity contribution is -0.101. The molecule has 2 unspecified atom stereocenters. The summed E-state index contributed by atoms with van der Waals surface area (Å²) in [6.07, 6.45) is 22.8. The minimum Gasteiger partial charge on any atom is -0.238 e. The Kier molecular flexibility index (Phi) is 6.05. The first kappa shape index (κ1) is 20.9. The van der Waals surface area contributed by atoms with E-state index in [-0.39, 0.29) is 11.3 Å². The molecule has 0 radical (unpaired) electrons. The molecule has 2 bridgehead atoms. The molecule has 0 amide bonds. The van der Waals surface area contributed by atoms with E-state index in [9.17, 15) is 0 Å². The van der Waals surface area contributed by atoms with E-state index in [1.165, 1.54) is 56.9 Å². The molecule has 29 heavy (non-hydrogen) atoms. The molecule has 1 aromatic carbocycles. The number of aryl methyl sites for hydroxylation is 1. The van der Waals surface area contributed by atoms with Crippen molar-refractivity contribution in [2.75, 3.05) is 0 Å². The second kappa shape index (κ2) is 8.40. The van der Waals surface area contributed by atoms with Gasteiger partial charge >= 0.3 is 0 Å². The average Bonchev–Trinajstić information content (AvgIpc) is 2.78. The van der Waals surface area contributed by atoms with Crippen molar-refractivity contribution in [3.05, 3.63) is 59.7 Å². The highest BCUT2D eigenvalue weighted by Crippen LogP contribution is 2.66. The monoisotopic (exact) mass is 394 g/mol. The lowest BCUT2D eigenvalue weighted by atomic mass is 9.46. The number of halogens is 1. The van der Waals surface area contributed by atoms with Crippen LogP contribution in [-0.2, 0) is 6.42 Å². The van der Waals surface area contributed by atoms with Crippen molar-refractivity contribution in [3.63, 3.8) is 0 Å². The minimum atomic E-state index is -1.25. The summed E-state index contributed by atoms with van der Waals surface area (Å²) in [5.74, 6) is -0.145. The molecule has 1 aromatic rings. The first-order valence-electron chi connectivity index (χ1n) is 12.2. The molecule has 1 heteroatoms. The van der Waals surface area contributed by atoms with Crippen LogP contribution in [0.4, 0.5) is 4.39 Å². The zero-order chi connectivity index (χ0) is 20.4. The van der Waals surface area contributed by atoms with Gasteiger partial charge in [0.2, 0.25) is 0 Å². The van der Waals surface area contributed by atoms with E-state index in [0.717, 1.165) is 31.2 Å². The molecule has 0 spiro atoms. The maximum absolute atomic E-state index is 17.0. The van der Waals surface area contributed by atoms with Crippen molar-refractivity contribution in [3.8, 4) is 0 Å². The molecule has 4 aliphatic carbocycles. The Hall–Kier alpha value is -1.37. The number of hydrogen-bond acceptors (Lipinski definition) is 0. The first-order chi connectivity index (χ1) is 14.1. The molecule has 0 nitrogen and oxygen atoms in total. The van der Waals surface area contributed by atoms with Crippen molar-refractivity contribution < 1.29 is 4.39 Å². The molecule has 2 atom stereocenters. The Labute approximate surface area is 177 Å². The number of hydrogen-bond donors (Lipinski definition) is 0. The van der Waals surface area contributed by atoms with Gasteiger partial charge in [-0.05, 0) is 74.0 Å². The zero-order valence-corrected chi connectivity index (χ0v) is 18.6. The summed E-state index contributed by atoms with van der Waals surface area (Å²) in [6, 6.07) is 8.70. The van der Waals surface area contributed by atoms with Crippen molar-refractivity contribution in [1.29, 1.82) is 0 Å². The molecular weight excluding hydrogens is 355 g/mol. The fraction of sp³-hybridized carbons (Fsp3) is 0.643. The third-order valence-electron chi connectivity index (χ3n) is 8.73. The van der Waals surface area contributed by atoms with Crippen LogP contribution < -0.4 is 0 Å². The highest BCUT2D eigenvalue weighted by molar-refractivity contribution is 5.39. The van der Waals surface area contributed by atoms with Crippen LogP contribution in [0.2, 0.25) is 0 Å². The Morgan fingerprint density at radius 1 is 0.862 bits per heavy atom. The number of rotatable bonds is 8. The van der Waals surface area contributed by atoms with E-state index < -0.39 is 5.67 Å². The van der Waals surface area contributed by atoms with Gasteiger partial charge in [-0.1, -0.05) is 82.0 Å². The predicted octanol–water partition coefficient (Wildman–Crippen LogP) is 8.48. The summed E-state index contributed by atoms with van der Waals surface area (Å²) in [5.41, 5.74) is 1.58. The summed E-state index contributed by atoms with van der Waals surface area (Å²) in [7, 11) is 0. The molecule has 158 valence electrons. The summed E-state index contributed by atoms with van der Waals surface area (Å²) in [4.78, 5) is 0.